The summed E-state index contributed by atoms with van der Waals surface area (Å²) in [5.41, 5.74) is 3.24. The average molecular weight is 569 g/mol. The van der Waals surface area contributed by atoms with Gasteiger partial charge in [-0.2, -0.15) is 0 Å². The molecule has 3 aromatic heterocycles. The van der Waals surface area contributed by atoms with Crippen molar-refractivity contribution < 1.29 is 27.9 Å². The van der Waals surface area contributed by atoms with E-state index in [4.69, 9.17) is 24.6 Å². The molecule has 0 atom stereocenters. The second-order valence-electron chi connectivity index (χ2n) is 8.37. The Labute approximate surface area is 228 Å². The Morgan fingerprint density at radius 2 is 2.00 bits per heavy atom. The number of aromatic nitrogens is 3. The van der Waals surface area contributed by atoms with Crippen LogP contribution in [0.3, 0.4) is 0 Å². The molecule has 12 nitrogen and oxygen atoms in total. The molecule has 4 heterocycles. The van der Waals surface area contributed by atoms with Gasteiger partial charge < -0.3 is 14.4 Å². The van der Waals surface area contributed by atoms with E-state index in [0.29, 0.717) is 65.5 Å². The molecule has 0 unspecified atom stereocenters. The molecule has 0 radical (unpaired) electrons. The van der Waals surface area contributed by atoms with E-state index >= 15 is 0 Å². The number of methoxy groups -OCH3 is 1. The number of rotatable bonds is 8. The number of anilines is 2. The molecule has 0 spiro atoms. The second kappa shape index (κ2) is 11.3. The summed E-state index contributed by atoms with van der Waals surface area (Å²) in [6.07, 6.45) is 4.11. The van der Waals surface area contributed by atoms with Gasteiger partial charge in [0.25, 0.3) is 15.9 Å². The fraction of sp³-hybridized carbons (Fsp3) is 0.200. The van der Waals surface area contributed by atoms with Gasteiger partial charge >= 0.3 is 0 Å². The molecule has 0 aliphatic carbocycles. The number of amides is 1. The van der Waals surface area contributed by atoms with Gasteiger partial charge in [-0.3, -0.25) is 14.7 Å². The molecule has 1 aliphatic heterocycles. The number of nitrogens with one attached hydrogen (secondary N) is 2. The van der Waals surface area contributed by atoms with Crippen molar-refractivity contribution in [3.05, 3.63) is 60.3 Å². The van der Waals surface area contributed by atoms with Gasteiger partial charge in [0.15, 0.2) is 11.6 Å². The quantitative estimate of drug-likeness (QED) is 0.164. The third kappa shape index (κ3) is 5.98. The fourth-order valence-corrected chi connectivity index (χ4v) is 6.25. The van der Waals surface area contributed by atoms with Crippen LogP contribution >= 0.6 is 11.3 Å². The normalized spacial score (nSPS) is 14.1. The molecule has 1 aromatic carbocycles. The van der Waals surface area contributed by atoms with Gasteiger partial charge in [0, 0.05) is 37.0 Å². The number of thiophene rings is 1. The average Bonchev–Trinajstić information content (AvgIpc) is 3.37. The third-order valence-corrected chi connectivity index (χ3v) is 8.34. The zero-order valence-electron chi connectivity index (χ0n) is 20.7. The first-order valence-electron chi connectivity index (χ1n) is 11.8. The summed E-state index contributed by atoms with van der Waals surface area (Å²) in [6.45, 7) is 2.39. The van der Waals surface area contributed by atoms with E-state index in [-0.39, 0.29) is 4.90 Å². The van der Waals surface area contributed by atoms with Crippen LogP contribution in [-0.4, -0.2) is 67.9 Å². The highest BCUT2D eigenvalue weighted by Gasteiger charge is 2.22. The van der Waals surface area contributed by atoms with Crippen molar-refractivity contribution in [2.24, 2.45) is 0 Å². The standard InChI is InChI=1S/C25H24N6O6S2/c1-36-21-8-6-17(15-26-21)24-27-19-14-22(38-23(19)25(28-24)31-9-11-37-12-10-31)30-39(34,35)18-4-2-3-16(13-18)5-7-20(32)29-33/h2-8,13-15,30,33H,9-12H2,1H3,(H,29,32)/b7-5+. The number of hydrogen-bond acceptors (Lipinski definition) is 11. The minimum atomic E-state index is -3.96. The Bertz CT molecular complexity index is 1630. The number of sulfonamides is 1. The highest BCUT2D eigenvalue weighted by Crippen LogP contribution is 2.37. The first-order chi connectivity index (χ1) is 18.9. The van der Waals surface area contributed by atoms with Gasteiger partial charge in [0.05, 0.1) is 35.4 Å². The second-order valence-corrected chi connectivity index (χ2v) is 11.1. The van der Waals surface area contributed by atoms with Crippen molar-refractivity contribution in [2.45, 2.75) is 4.90 Å². The fourth-order valence-electron chi connectivity index (χ4n) is 3.90. The number of hydroxylamine groups is 1. The minimum Gasteiger partial charge on any atom is -0.481 e. The lowest BCUT2D eigenvalue weighted by Crippen LogP contribution is -2.36. The SMILES string of the molecule is COc1ccc(-c2nc(N3CCOCC3)c3sc(NS(=O)(=O)c4cccc(/C=C/C(=O)NO)c4)cc3n2)cn1. The Morgan fingerprint density at radius 1 is 1.18 bits per heavy atom. The van der Waals surface area contributed by atoms with E-state index < -0.39 is 15.9 Å². The molecule has 0 bridgehead atoms. The maximum Gasteiger partial charge on any atom is 0.267 e. The minimum absolute atomic E-state index is 0.0102. The Kier molecular flexibility index (Phi) is 7.70. The van der Waals surface area contributed by atoms with Crippen LogP contribution in [0.1, 0.15) is 5.56 Å². The van der Waals surface area contributed by atoms with Gasteiger partial charge in [-0.05, 0) is 35.9 Å². The lowest BCUT2D eigenvalue weighted by Gasteiger charge is -2.28. The van der Waals surface area contributed by atoms with Crippen molar-refractivity contribution in [1.82, 2.24) is 20.4 Å². The Morgan fingerprint density at radius 3 is 2.72 bits per heavy atom. The van der Waals surface area contributed by atoms with Crippen LogP contribution in [-0.2, 0) is 19.6 Å². The topological polar surface area (TPSA) is 156 Å². The van der Waals surface area contributed by atoms with Crippen molar-refractivity contribution in [2.75, 3.05) is 43.0 Å². The number of hydrogen-bond donors (Lipinski definition) is 3. The third-order valence-electron chi connectivity index (χ3n) is 5.81. The van der Waals surface area contributed by atoms with Crippen molar-refractivity contribution in [3.63, 3.8) is 0 Å². The largest absolute Gasteiger partial charge is 0.481 e. The number of benzene rings is 1. The summed E-state index contributed by atoms with van der Waals surface area (Å²) in [5.74, 6) is 0.891. The van der Waals surface area contributed by atoms with Gasteiger partial charge in [-0.1, -0.05) is 12.1 Å². The molecular formula is C25H24N6O6S2. The smallest absolute Gasteiger partial charge is 0.267 e. The molecule has 1 fully saturated rings. The number of carbonyl (C=O) groups excluding carboxylic acids is 1. The van der Waals surface area contributed by atoms with E-state index in [1.54, 1.807) is 30.5 Å². The molecule has 0 saturated carbocycles. The number of nitrogens with zero attached hydrogens (tertiary/aromatic N) is 4. The van der Waals surface area contributed by atoms with Crippen LogP contribution in [0.5, 0.6) is 5.88 Å². The number of pyridine rings is 1. The Hall–Kier alpha value is -4.11. The molecule has 4 aromatic rings. The first kappa shape index (κ1) is 26.5. The summed E-state index contributed by atoms with van der Waals surface area (Å²) in [4.78, 5) is 27.2. The number of fused-ring (bicyclic) bond motifs is 1. The first-order valence-corrected chi connectivity index (χ1v) is 14.1. The summed E-state index contributed by atoms with van der Waals surface area (Å²) < 4.78 is 40.5. The predicted molar refractivity (Wildman–Crippen MR) is 146 cm³/mol. The van der Waals surface area contributed by atoms with E-state index in [9.17, 15) is 13.2 Å². The summed E-state index contributed by atoms with van der Waals surface area (Å²) in [6, 6.07) is 11.3. The van der Waals surface area contributed by atoms with Crippen LogP contribution in [0.4, 0.5) is 10.8 Å². The van der Waals surface area contributed by atoms with Crippen LogP contribution in [0.25, 0.3) is 27.7 Å². The van der Waals surface area contributed by atoms with Crippen molar-refractivity contribution in [1.29, 1.82) is 0 Å². The Balaban J connectivity index is 1.50. The van der Waals surface area contributed by atoms with Crippen LogP contribution < -0.4 is 19.8 Å². The number of morpholine rings is 1. The predicted octanol–water partition coefficient (Wildman–Crippen LogP) is 2.92. The maximum atomic E-state index is 13.2. The molecule has 1 saturated heterocycles. The summed E-state index contributed by atoms with van der Waals surface area (Å²) >= 11 is 1.24. The van der Waals surface area contributed by atoms with E-state index in [1.807, 2.05) is 6.07 Å². The van der Waals surface area contributed by atoms with E-state index in [0.717, 1.165) is 10.8 Å². The molecule has 14 heteroatoms. The molecule has 1 amide bonds. The zero-order valence-corrected chi connectivity index (χ0v) is 22.3. The highest BCUT2D eigenvalue weighted by atomic mass is 32.2. The molecule has 1 aliphatic rings. The van der Waals surface area contributed by atoms with Crippen molar-refractivity contribution >= 4 is 54.4 Å². The lowest BCUT2D eigenvalue weighted by atomic mass is 10.2. The van der Waals surface area contributed by atoms with Crippen molar-refractivity contribution in [3.8, 4) is 17.3 Å². The van der Waals surface area contributed by atoms with E-state index in [2.05, 4.69) is 14.6 Å². The maximum absolute atomic E-state index is 13.2. The molecule has 3 N–H and O–H groups in total. The van der Waals surface area contributed by atoms with E-state index in [1.165, 1.54) is 42.1 Å². The monoisotopic (exact) mass is 568 g/mol. The lowest BCUT2D eigenvalue weighted by molar-refractivity contribution is -0.124. The van der Waals surface area contributed by atoms with Gasteiger partial charge in [0.1, 0.15) is 5.00 Å². The number of carbonyl (C=O) groups is 1. The molecule has 5 rings (SSSR count). The summed E-state index contributed by atoms with van der Waals surface area (Å²) in [5, 5.41) is 9.02. The van der Waals surface area contributed by atoms with Gasteiger partial charge in [-0.15, -0.1) is 11.3 Å². The molecule has 202 valence electrons. The molecule has 39 heavy (non-hydrogen) atoms. The molecular weight excluding hydrogens is 544 g/mol. The van der Waals surface area contributed by atoms with Gasteiger partial charge in [0.2, 0.25) is 5.88 Å². The van der Waals surface area contributed by atoms with Crippen LogP contribution in [0.15, 0.2) is 59.6 Å². The van der Waals surface area contributed by atoms with Crippen LogP contribution in [0.2, 0.25) is 0 Å². The zero-order chi connectivity index (χ0) is 27.4. The highest BCUT2D eigenvalue weighted by molar-refractivity contribution is 7.93. The number of ether oxygens (including phenoxy) is 2. The van der Waals surface area contributed by atoms with Crippen LogP contribution in [0, 0.1) is 0 Å². The van der Waals surface area contributed by atoms with Gasteiger partial charge in [-0.25, -0.2) is 28.8 Å². The summed E-state index contributed by atoms with van der Waals surface area (Å²) in [7, 11) is -2.42.